The predicted molar refractivity (Wildman–Crippen MR) is 68.9 cm³/mol. The molecule has 0 heterocycles. The third kappa shape index (κ3) is 2.85. The molecular weight excluding hydrogens is 212 g/mol. The Bertz CT molecular complexity index is 478. The van der Waals surface area contributed by atoms with Gasteiger partial charge in [0.1, 0.15) is 0 Å². The van der Waals surface area contributed by atoms with Crippen LogP contribution in [-0.4, -0.2) is 13.0 Å². The lowest BCUT2D eigenvalue weighted by Gasteiger charge is -2.23. The van der Waals surface area contributed by atoms with Crippen molar-refractivity contribution in [1.29, 1.82) is 5.26 Å². The lowest BCUT2D eigenvalue weighted by atomic mass is 9.86. The minimum absolute atomic E-state index is 0.0268. The molecule has 0 radical (unpaired) electrons. The van der Waals surface area contributed by atoms with E-state index in [1.807, 2.05) is 19.1 Å². The minimum atomic E-state index is -0.542. The van der Waals surface area contributed by atoms with Crippen molar-refractivity contribution in [2.75, 3.05) is 11.9 Å². The first-order valence-corrected chi connectivity index (χ1v) is 5.56. The van der Waals surface area contributed by atoms with Crippen molar-refractivity contribution in [3.63, 3.8) is 0 Å². The van der Waals surface area contributed by atoms with Gasteiger partial charge in [0.25, 0.3) is 0 Å². The van der Waals surface area contributed by atoms with E-state index in [9.17, 15) is 4.79 Å². The van der Waals surface area contributed by atoms with Gasteiger partial charge >= 0.3 is 5.91 Å². The van der Waals surface area contributed by atoms with E-state index in [0.29, 0.717) is 0 Å². The highest BCUT2D eigenvalue weighted by atomic mass is 16.2. The van der Waals surface area contributed by atoms with Crippen molar-refractivity contribution >= 4 is 11.6 Å². The quantitative estimate of drug-likeness (QED) is 0.696. The van der Waals surface area contributed by atoms with Crippen molar-refractivity contribution in [3.8, 4) is 6.07 Å². The number of anilines is 1. The first-order valence-electron chi connectivity index (χ1n) is 5.56. The number of nitrogens with zero attached hydrogens (tertiary/aromatic N) is 2. The molecule has 0 aliphatic rings. The molecule has 0 saturated carbocycles. The van der Waals surface area contributed by atoms with Crippen molar-refractivity contribution in [2.24, 2.45) is 0 Å². The molecule has 0 aromatic heterocycles. The van der Waals surface area contributed by atoms with E-state index in [1.54, 1.807) is 13.1 Å². The van der Waals surface area contributed by atoms with E-state index in [1.165, 1.54) is 4.90 Å². The average molecular weight is 230 g/mol. The van der Waals surface area contributed by atoms with Gasteiger partial charge in [-0.15, -0.1) is 0 Å². The zero-order valence-corrected chi connectivity index (χ0v) is 11.0. The summed E-state index contributed by atoms with van der Waals surface area (Å²) >= 11 is 0. The van der Waals surface area contributed by atoms with Crippen LogP contribution in [0.3, 0.4) is 0 Å². The van der Waals surface area contributed by atoms with Gasteiger partial charge in [0.05, 0.1) is 0 Å². The third-order valence-electron chi connectivity index (χ3n) is 2.84. The van der Waals surface area contributed by atoms with E-state index in [2.05, 4.69) is 26.8 Å². The Labute approximate surface area is 103 Å². The van der Waals surface area contributed by atoms with E-state index in [4.69, 9.17) is 5.26 Å². The van der Waals surface area contributed by atoms with E-state index >= 15 is 0 Å². The summed E-state index contributed by atoms with van der Waals surface area (Å²) in [5.41, 5.74) is 2.96. The van der Waals surface area contributed by atoms with Gasteiger partial charge in [-0.05, 0) is 29.5 Å². The predicted octanol–water partition coefficient (Wildman–Crippen LogP) is 2.78. The molecule has 0 unspecified atom stereocenters. The van der Waals surface area contributed by atoms with Gasteiger partial charge in [0, 0.05) is 12.7 Å². The molecule has 3 heteroatoms. The highest BCUT2D eigenvalue weighted by molar-refractivity contribution is 6.04. The number of hydrogen-bond donors (Lipinski definition) is 0. The molecule has 0 saturated heterocycles. The number of amides is 1. The van der Waals surface area contributed by atoms with Gasteiger partial charge in [-0.2, -0.15) is 5.26 Å². The van der Waals surface area contributed by atoms with E-state index < -0.39 is 5.91 Å². The van der Waals surface area contributed by atoms with Crippen molar-refractivity contribution < 1.29 is 4.79 Å². The summed E-state index contributed by atoms with van der Waals surface area (Å²) in [5.74, 6) is -0.542. The number of hydrogen-bond acceptors (Lipinski definition) is 2. The third-order valence-corrected chi connectivity index (χ3v) is 2.84. The van der Waals surface area contributed by atoms with Crippen LogP contribution in [0, 0.1) is 18.3 Å². The number of rotatable bonds is 1. The first kappa shape index (κ1) is 13.2. The molecule has 0 fully saturated rings. The fourth-order valence-electron chi connectivity index (χ4n) is 1.62. The molecule has 1 rings (SSSR count). The Balaban J connectivity index is 3.25. The summed E-state index contributed by atoms with van der Waals surface area (Å²) in [7, 11) is 1.63. The summed E-state index contributed by atoms with van der Waals surface area (Å²) < 4.78 is 0. The molecule has 0 spiro atoms. The van der Waals surface area contributed by atoms with Gasteiger partial charge in [-0.3, -0.25) is 4.79 Å². The monoisotopic (exact) mass is 230 g/mol. The SMILES string of the molecule is Cc1ccc(C(C)(C)C)cc1N(C)C(=O)C#N. The Morgan fingerprint density at radius 3 is 2.41 bits per heavy atom. The molecule has 0 aliphatic heterocycles. The summed E-state index contributed by atoms with van der Waals surface area (Å²) in [6, 6.07) is 7.65. The van der Waals surface area contributed by atoms with Crippen LogP contribution >= 0.6 is 0 Å². The van der Waals surface area contributed by atoms with Crippen LogP contribution in [0.25, 0.3) is 0 Å². The van der Waals surface area contributed by atoms with Crippen molar-refractivity contribution in [3.05, 3.63) is 29.3 Å². The molecule has 0 aliphatic carbocycles. The molecule has 3 nitrogen and oxygen atoms in total. The zero-order chi connectivity index (χ0) is 13.2. The van der Waals surface area contributed by atoms with Crippen molar-refractivity contribution in [1.82, 2.24) is 0 Å². The van der Waals surface area contributed by atoms with Crippen LogP contribution in [0.15, 0.2) is 18.2 Å². The lowest BCUT2D eigenvalue weighted by molar-refractivity contribution is -0.113. The zero-order valence-electron chi connectivity index (χ0n) is 11.0. The van der Waals surface area contributed by atoms with Crippen LogP contribution < -0.4 is 4.90 Å². The highest BCUT2D eigenvalue weighted by Crippen LogP contribution is 2.28. The summed E-state index contributed by atoms with van der Waals surface area (Å²) in [5, 5.41) is 8.65. The van der Waals surface area contributed by atoms with Gasteiger partial charge < -0.3 is 4.90 Å². The number of benzene rings is 1. The molecule has 1 amide bonds. The second-order valence-corrected chi connectivity index (χ2v) is 5.23. The molecule has 1 aromatic rings. The minimum Gasteiger partial charge on any atom is -0.303 e. The molecular formula is C14H18N2O. The number of aryl methyl sites for hydroxylation is 1. The Morgan fingerprint density at radius 1 is 1.35 bits per heavy atom. The number of carbonyl (C=O) groups is 1. The maximum Gasteiger partial charge on any atom is 0.329 e. The normalized spacial score (nSPS) is 10.8. The van der Waals surface area contributed by atoms with Gasteiger partial charge in [-0.1, -0.05) is 32.9 Å². The fourth-order valence-corrected chi connectivity index (χ4v) is 1.62. The largest absolute Gasteiger partial charge is 0.329 e. The first-order chi connectivity index (χ1) is 7.77. The summed E-state index contributed by atoms with van der Waals surface area (Å²) in [6.45, 7) is 8.29. The Hall–Kier alpha value is -1.82. The van der Waals surface area contributed by atoms with E-state index in [0.717, 1.165) is 16.8 Å². The van der Waals surface area contributed by atoms with Gasteiger partial charge in [-0.25, -0.2) is 0 Å². The molecule has 90 valence electrons. The topological polar surface area (TPSA) is 44.1 Å². The Kier molecular flexibility index (Phi) is 3.57. The fraction of sp³-hybridized carbons (Fsp3) is 0.429. The maximum absolute atomic E-state index is 11.4. The summed E-state index contributed by atoms with van der Waals surface area (Å²) in [4.78, 5) is 12.8. The molecule has 1 aromatic carbocycles. The van der Waals surface area contributed by atoms with E-state index in [-0.39, 0.29) is 5.41 Å². The molecule has 0 N–H and O–H groups in total. The number of nitriles is 1. The standard InChI is InChI=1S/C14H18N2O/c1-10-6-7-11(14(2,3)4)8-12(10)16(5)13(17)9-15/h6-8H,1-5H3. The van der Waals surface area contributed by atoms with Crippen molar-refractivity contribution in [2.45, 2.75) is 33.1 Å². The van der Waals surface area contributed by atoms with Gasteiger partial charge in [0.15, 0.2) is 6.07 Å². The van der Waals surface area contributed by atoms with Gasteiger partial charge in [0.2, 0.25) is 0 Å². The number of carbonyl (C=O) groups excluding carboxylic acids is 1. The molecule has 17 heavy (non-hydrogen) atoms. The molecule has 0 atom stereocenters. The second-order valence-electron chi connectivity index (χ2n) is 5.23. The second kappa shape index (κ2) is 4.58. The van der Waals surface area contributed by atoms with Crippen LogP contribution in [0.2, 0.25) is 0 Å². The van der Waals surface area contributed by atoms with Crippen LogP contribution in [0.4, 0.5) is 5.69 Å². The molecule has 0 bridgehead atoms. The highest BCUT2D eigenvalue weighted by Gasteiger charge is 2.18. The smallest absolute Gasteiger partial charge is 0.303 e. The lowest BCUT2D eigenvalue weighted by Crippen LogP contribution is -2.25. The van der Waals surface area contributed by atoms with Crippen LogP contribution in [0.1, 0.15) is 31.9 Å². The Morgan fingerprint density at radius 2 is 1.94 bits per heavy atom. The van der Waals surface area contributed by atoms with Crippen LogP contribution in [-0.2, 0) is 10.2 Å². The maximum atomic E-state index is 11.4. The summed E-state index contributed by atoms with van der Waals surface area (Å²) in [6.07, 6.45) is 0. The van der Waals surface area contributed by atoms with Crippen LogP contribution in [0.5, 0.6) is 0 Å². The average Bonchev–Trinajstić information content (AvgIpc) is 2.26.